The maximum Gasteiger partial charge on any atom is 0.416 e. The number of amides is 4. The van der Waals surface area contributed by atoms with Gasteiger partial charge in [0.15, 0.2) is 0 Å². The zero-order valence-electron chi connectivity index (χ0n) is 24.6. The molecule has 4 rings (SSSR count). The first-order chi connectivity index (χ1) is 20.4. The van der Waals surface area contributed by atoms with E-state index in [0.717, 1.165) is 4.90 Å². The van der Waals surface area contributed by atoms with Gasteiger partial charge in [0.05, 0.1) is 29.8 Å². The molecule has 44 heavy (non-hydrogen) atoms. The predicted octanol–water partition coefficient (Wildman–Crippen LogP) is 6.18. The van der Waals surface area contributed by atoms with Crippen LogP contribution in [0.15, 0.2) is 36.4 Å². The highest BCUT2D eigenvalue weighted by Gasteiger charge is 2.41. The molecule has 2 fully saturated rings. The molecule has 0 aromatic heterocycles. The summed E-state index contributed by atoms with van der Waals surface area (Å²) in [5.74, 6) is -1.18. The van der Waals surface area contributed by atoms with Crippen molar-refractivity contribution in [3.8, 4) is 0 Å². The van der Waals surface area contributed by atoms with E-state index in [4.69, 9.17) is 0 Å². The highest BCUT2D eigenvalue weighted by molar-refractivity contribution is 5.95. The summed E-state index contributed by atoms with van der Waals surface area (Å²) in [6, 6.07) is 2.73. The van der Waals surface area contributed by atoms with E-state index in [1.165, 1.54) is 42.8 Å². The van der Waals surface area contributed by atoms with E-state index in [0.29, 0.717) is 42.6 Å². The quantitative estimate of drug-likeness (QED) is 0.379. The Kier molecular flexibility index (Phi) is 9.34. The van der Waals surface area contributed by atoms with Gasteiger partial charge >= 0.3 is 18.4 Å². The third-order valence-electron chi connectivity index (χ3n) is 8.53. The molecule has 3 atom stereocenters. The second-order valence-corrected chi connectivity index (χ2v) is 11.3. The minimum absolute atomic E-state index is 0.00132. The Bertz CT molecular complexity index is 1400. The number of piperidine rings is 1. The largest absolute Gasteiger partial charge is 0.416 e. The average Bonchev–Trinajstić information content (AvgIpc) is 2.94. The molecule has 0 bridgehead atoms. The summed E-state index contributed by atoms with van der Waals surface area (Å²) in [7, 11) is 1.31. The smallest absolute Gasteiger partial charge is 0.321 e. The van der Waals surface area contributed by atoms with Gasteiger partial charge in [-0.15, -0.1) is 0 Å². The molecule has 0 unspecified atom stereocenters. The fraction of sp³-hybridized carbons (Fsp3) is 0.500. The van der Waals surface area contributed by atoms with Gasteiger partial charge in [-0.2, -0.15) is 26.3 Å². The normalized spacial score (nSPS) is 20.9. The van der Waals surface area contributed by atoms with Crippen LogP contribution in [-0.4, -0.2) is 76.7 Å². The lowest BCUT2D eigenvalue weighted by Crippen LogP contribution is -2.58. The number of likely N-dealkylation sites (tertiary alicyclic amines) is 1. The molecule has 2 aromatic rings. The molecule has 0 aliphatic carbocycles. The van der Waals surface area contributed by atoms with Gasteiger partial charge < -0.3 is 9.80 Å². The zero-order valence-corrected chi connectivity index (χ0v) is 24.6. The van der Waals surface area contributed by atoms with Gasteiger partial charge in [0, 0.05) is 39.6 Å². The Morgan fingerprint density at radius 3 is 2.09 bits per heavy atom. The molecule has 2 aliphatic rings. The van der Waals surface area contributed by atoms with Crippen LogP contribution in [-0.2, 0) is 21.9 Å². The summed E-state index contributed by atoms with van der Waals surface area (Å²) in [6.07, 6.45) is -9.33. The van der Waals surface area contributed by atoms with E-state index in [2.05, 4.69) is 0 Å². The lowest BCUT2D eigenvalue weighted by Gasteiger charge is -2.47. The zero-order chi connectivity index (χ0) is 32.7. The maximum atomic E-state index is 14.0. The fourth-order valence-corrected chi connectivity index (χ4v) is 5.96. The van der Waals surface area contributed by atoms with Crippen LogP contribution in [0.3, 0.4) is 0 Å². The van der Waals surface area contributed by atoms with E-state index in [1.807, 2.05) is 4.90 Å². The van der Waals surface area contributed by atoms with Crippen molar-refractivity contribution in [2.75, 3.05) is 33.2 Å². The summed E-state index contributed by atoms with van der Waals surface area (Å²) in [5.41, 5.74) is -2.12. The van der Waals surface area contributed by atoms with Crippen molar-refractivity contribution in [1.82, 2.24) is 19.6 Å². The van der Waals surface area contributed by atoms with Crippen molar-refractivity contribution in [2.24, 2.45) is 0 Å². The van der Waals surface area contributed by atoms with E-state index in [9.17, 15) is 45.1 Å². The minimum Gasteiger partial charge on any atom is -0.321 e. The number of hydrogen-bond acceptors (Lipinski definition) is 4. The second-order valence-electron chi connectivity index (χ2n) is 11.3. The first kappa shape index (κ1) is 33.2. The van der Waals surface area contributed by atoms with Crippen molar-refractivity contribution >= 4 is 17.8 Å². The summed E-state index contributed by atoms with van der Waals surface area (Å²) < 4.78 is 95.0. The second kappa shape index (κ2) is 12.4. The molecule has 4 amide bonds. The van der Waals surface area contributed by atoms with Crippen LogP contribution in [0, 0.1) is 12.7 Å². The number of hydrogen-bond donors (Lipinski definition) is 0. The SMILES string of the molecule is CC(=O)N1CCN([C@H]2CCN(C(=O)N(C)[C@H](C)c3cc(C(F)(F)F)cc(C(F)(F)F)c3)[C@@H](c3ccc(F)cc3C)C2)CC1=O. The number of carbonyl (C=O) groups is 3. The van der Waals surface area contributed by atoms with Crippen molar-refractivity contribution in [2.45, 2.75) is 64.1 Å². The average molecular weight is 631 g/mol. The number of benzene rings is 2. The maximum absolute atomic E-state index is 14.0. The van der Waals surface area contributed by atoms with Crippen LogP contribution in [0.4, 0.5) is 35.5 Å². The standard InChI is InChI=1S/C30H33F7N4O3/c1-17-11-23(31)5-6-25(17)26-15-24(39-9-10-40(19(3)42)27(43)16-39)7-8-41(26)28(44)38(4)18(2)20-12-21(29(32,33)34)14-22(13-20)30(35,36)37/h5-6,11-14,18,24,26H,7-10,15-16H2,1-4H3/t18-,24+,26-/m1/s1. The van der Waals surface area contributed by atoms with Crippen LogP contribution < -0.4 is 0 Å². The first-order valence-corrected chi connectivity index (χ1v) is 14.0. The van der Waals surface area contributed by atoms with Crippen molar-refractivity contribution in [3.63, 3.8) is 0 Å². The van der Waals surface area contributed by atoms with Crippen LogP contribution in [0.1, 0.15) is 66.6 Å². The van der Waals surface area contributed by atoms with Gasteiger partial charge in [0.25, 0.3) is 0 Å². The third-order valence-corrected chi connectivity index (χ3v) is 8.53. The minimum atomic E-state index is -5.04. The van der Waals surface area contributed by atoms with E-state index < -0.39 is 47.4 Å². The lowest BCUT2D eigenvalue weighted by molar-refractivity contribution is -0.149. The number of urea groups is 1. The third kappa shape index (κ3) is 7.00. The van der Waals surface area contributed by atoms with Crippen LogP contribution in [0.25, 0.3) is 0 Å². The van der Waals surface area contributed by atoms with Gasteiger partial charge in [-0.05, 0) is 73.7 Å². The highest BCUT2D eigenvalue weighted by atomic mass is 19.4. The molecule has 2 aliphatic heterocycles. The molecule has 0 saturated carbocycles. The van der Waals surface area contributed by atoms with E-state index in [-0.39, 0.29) is 49.1 Å². The molecular formula is C30H33F7N4O3. The van der Waals surface area contributed by atoms with E-state index >= 15 is 0 Å². The highest BCUT2D eigenvalue weighted by Crippen LogP contribution is 2.40. The lowest BCUT2D eigenvalue weighted by atomic mass is 9.88. The fourth-order valence-electron chi connectivity index (χ4n) is 5.96. The summed E-state index contributed by atoms with van der Waals surface area (Å²) in [5, 5.41) is 0. The molecule has 14 heteroatoms. The van der Waals surface area contributed by atoms with Crippen molar-refractivity contribution < 1.29 is 45.1 Å². The summed E-state index contributed by atoms with van der Waals surface area (Å²) >= 11 is 0. The molecule has 0 N–H and O–H groups in total. The monoisotopic (exact) mass is 630 g/mol. The van der Waals surface area contributed by atoms with Crippen molar-refractivity contribution in [3.05, 3.63) is 70.0 Å². The summed E-state index contributed by atoms with van der Waals surface area (Å²) in [6.45, 7) is 5.12. The Balaban J connectivity index is 1.63. The number of imide groups is 1. The number of nitrogens with zero attached hydrogens (tertiary/aromatic N) is 4. The molecule has 240 valence electrons. The van der Waals surface area contributed by atoms with Gasteiger partial charge in [-0.3, -0.25) is 19.4 Å². The Morgan fingerprint density at radius 2 is 1.57 bits per heavy atom. The Hall–Kier alpha value is -3.68. The summed E-state index contributed by atoms with van der Waals surface area (Å²) in [4.78, 5) is 43.9. The van der Waals surface area contributed by atoms with Gasteiger partial charge in [0.1, 0.15) is 5.82 Å². The van der Waals surface area contributed by atoms with Crippen LogP contribution in [0.5, 0.6) is 0 Å². The van der Waals surface area contributed by atoms with Crippen LogP contribution >= 0.6 is 0 Å². The van der Waals surface area contributed by atoms with E-state index in [1.54, 1.807) is 13.0 Å². The van der Waals surface area contributed by atoms with Gasteiger partial charge in [-0.1, -0.05) is 6.07 Å². The number of rotatable bonds is 4. The number of aryl methyl sites for hydroxylation is 1. The molecule has 0 spiro atoms. The number of alkyl halides is 6. The number of halogens is 7. The molecule has 0 radical (unpaired) electrons. The Morgan fingerprint density at radius 1 is 0.955 bits per heavy atom. The van der Waals surface area contributed by atoms with Crippen LogP contribution in [0.2, 0.25) is 0 Å². The molecule has 7 nitrogen and oxygen atoms in total. The molecule has 2 saturated heterocycles. The number of piperazine rings is 1. The first-order valence-electron chi connectivity index (χ1n) is 14.0. The predicted molar refractivity (Wildman–Crippen MR) is 146 cm³/mol. The molecule has 2 aromatic carbocycles. The Labute approximate surface area is 250 Å². The topological polar surface area (TPSA) is 64.2 Å². The number of carbonyl (C=O) groups excluding carboxylic acids is 3. The molecule has 2 heterocycles. The van der Waals surface area contributed by atoms with Gasteiger partial charge in [-0.25, -0.2) is 9.18 Å². The molecular weight excluding hydrogens is 597 g/mol. The van der Waals surface area contributed by atoms with Crippen molar-refractivity contribution in [1.29, 1.82) is 0 Å². The van der Waals surface area contributed by atoms with Gasteiger partial charge in [0.2, 0.25) is 11.8 Å².